The van der Waals surface area contributed by atoms with Gasteiger partial charge in [-0.1, -0.05) is 72.8 Å². The summed E-state index contributed by atoms with van der Waals surface area (Å²) < 4.78 is 0. The number of aromatic nitrogens is 2. The van der Waals surface area contributed by atoms with Gasteiger partial charge >= 0.3 is 6.03 Å². The molecule has 0 radical (unpaired) electrons. The Morgan fingerprint density at radius 1 is 0.767 bits per heavy atom. The molecule has 2 heterocycles. The van der Waals surface area contributed by atoms with Crippen molar-refractivity contribution < 1.29 is 24.6 Å². The van der Waals surface area contributed by atoms with Crippen molar-refractivity contribution in [1.82, 2.24) is 25.5 Å². The second-order valence-corrected chi connectivity index (χ2v) is 10.2. The number of nitrogens with zero attached hydrogens (tertiary/aromatic N) is 3. The number of para-hydroxylation sites is 1. The maximum atomic E-state index is 13.2. The normalized spacial score (nSPS) is 13.3. The fourth-order valence-electron chi connectivity index (χ4n) is 4.84. The van der Waals surface area contributed by atoms with Gasteiger partial charge in [0, 0.05) is 37.7 Å². The topological polar surface area (TPSA) is 157 Å². The van der Waals surface area contributed by atoms with Gasteiger partial charge < -0.3 is 31.1 Å². The Kier molecular flexibility index (Phi) is 9.11. The highest BCUT2D eigenvalue weighted by Crippen LogP contribution is 2.32. The molecular weight excluding hydrogens is 548 g/mol. The van der Waals surface area contributed by atoms with E-state index in [1.807, 2.05) is 60.7 Å². The predicted molar refractivity (Wildman–Crippen MR) is 160 cm³/mol. The molecule has 0 atom stereocenters. The lowest BCUT2D eigenvalue weighted by Crippen LogP contribution is -2.45. The summed E-state index contributed by atoms with van der Waals surface area (Å²) in [5.74, 6) is -2.77. The summed E-state index contributed by atoms with van der Waals surface area (Å²) >= 11 is 0. The summed E-state index contributed by atoms with van der Waals surface area (Å²) in [6, 6.07) is 25.5. The van der Waals surface area contributed by atoms with Gasteiger partial charge in [0.1, 0.15) is 0 Å². The predicted octanol–water partition coefficient (Wildman–Crippen LogP) is 4.05. The van der Waals surface area contributed by atoms with E-state index in [-0.39, 0.29) is 30.2 Å². The number of hydrogen-bond acceptors (Lipinski definition) is 7. The molecule has 3 aromatic carbocycles. The summed E-state index contributed by atoms with van der Waals surface area (Å²) in [6.45, 7) is 1.51. The van der Waals surface area contributed by atoms with Crippen LogP contribution in [-0.2, 0) is 17.9 Å². The molecule has 0 saturated carbocycles. The van der Waals surface area contributed by atoms with Crippen molar-refractivity contribution in [2.45, 2.75) is 25.9 Å². The van der Waals surface area contributed by atoms with E-state index in [4.69, 9.17) is 0 Å². The molecule has 1 fully saturated rings. The van der Waals surface area contributed by atoms with Gasteiger partial charge in [0.2, 0.25) is 11.7 Å². The molecule has 0 aliphatic carbocycles. The van der Waals surface area contributed by atoms with Gasteiger partial charge in [-0.05, 0) is 36.1 Å². The van der Waals surface area contributed by atoms with E-state index < -0.39 is 23.2 Å². The molecule has 11 nitrogen and oxygen atoms in total. The van der Waals surface area contributed by atoms with Gasteiger partial charge in [0.05, 0.1) is 5.69 Å². The minimum Gasteiger partial charge on any atom is -0.501 e. The van der Waals surface area contributed by atoms with E-state index in [1.165, 1.54) is 0 Å². The highest BCUT2D eigenvalue weighted by molar-refractivity contribution is 5.98. The van der Waals surface area contributed by atoms with Crippen molar-refractivity contribution in [2.75, 3.05) is 18.4 Å². The zero-order valence-electron chi connectivity index (χ0n) is 23.4. The van der Waals surface area contributed by atoms with E-state index in [0.717, 1.165) is 11.1 Å². The highest BCUT2D eigenvalue weighted by atomic mass is 16.3. The molecule has 11 heteroatoms. The number of rotatable bonds is 8. The molecule has 1 aliphatic rings. The highest BCUT2D eigenvalue weighted by Gasteiger charge is 2.28. The first kappa shape index (κ1) is 29.1. The first-order valence-electron chi connectivity index (χ1n) is 14.0. The van der Waals surface area contributed by atoms with Crippen molar-refractivity contribution in [3.8, 4) is 23.0 Å². The van der Waals surface area contributed by atoms with Crippen LogP contribution in [0.5, 0.6) is 11.6 Å². The summed E-state index contributed by atoms with van der Waals surface area (Å²) in [6.07, 6.45) is 0.990. The van der Waals surface area contributed by atoms with Crippen LogP contribution < -0.4 is 16.0 Å². The average molecular weight is 581 g/mol. The first-order valence-corrected chi connectivity index (χ1v) is 14.0. The van der Waals surface area contributed by atoms with Crippen LogP contribution in [0.15, 0.2) is 84.9 Å². The standard InChI is InChI=1S/C32H32N6O5/c39-27-26(30(41)33-19-21-9-3-1-4-10-21)36-28(37-31(27)42)24-13-7-8-14-25(24)35-29(40)23-15-17-38(18-16-23)32(43)34-20-22-11-5-2-6-12-22/h1-14,23,39H,15-20H2,(H,33,41)(H,34,43)(H,35,40)(H,36,37,42). The van der Waals surface area contributed by atoms with E-state index in [9.17, 15) is 24.6 Å². The van der Waals surface area contributed by atoms with Crippen LogP contribution in [0.2, 0.25) is 0 Å². The van der Waals surface area contributed by atoms with Gasteiger partial charge in [-0.25, -0.2) is 9.78 Å². The van der Waals surface area contributed by atoms with Crippen LogP contribution in [0.25, 0.3) is 11.4 Å². The Balaban J connectivity index is 1.22. The lowest BCUT2D eigenvalue weighted by Gasteiger charge is -2.31. The smallest absolute Gasteiger partial charge is 0.317 e. The minimum atomic E-state index is -0.756. The number of hydrogen-bond donors (Lipinski definition) is 5. The lowest BCUT2D eigenvalue weighted by atomic mass is 9.95. The number of amides is 4. The Morgan fingerprint density at radius 3 is 2.00 bits per heavy atom. The zero-order valence-corrected chi connectivity index (χ0v) is 23.4. The lowest BCUT2D eigenvalue weighted by molar-refractivity contribution is -0.121. The number of piperidine rings is 1. The number of nitrogens with one attached hydrogen (secondary N) is 3. The second kappa shape index (κ2) is 13.5. The van der Waals surface area contributed by atoms with Crippen molar-refractivity contribution in [3.05, 3.63) is 102 Å². The third-order valence-electron chi connectivity index (χ3n) is 7.24. The molecule has 5 N–H and O–H groups in total. The zero-order chi connectivity index (χ0) is 30.2. The molecule has 4 aromatic rings. The largest absolute Gasteiger partial charge is 0.501 e. The molecule has 1 aliphatic heterocycles. The minimum absolute atomic E-state index is 0.0408. The molecule has 0 spiro atoms. The molecule has 43 heavy (non-hydrogen) atoms. The summed E-state index contributed by atoms with van der Waals surface area (Å²) in [5.41, 5.74) is 2.21. The maximum absolute atomic E-state index is 13.2. The Hall–Kier alpha value is -5.45. The van der Waals surface area contributed by atoms with Crippen LogP contribution in [0, 0.1) is 5.92 Å². The number of benzene rings is 3. The van der Waals surface area contributed by atoms with Gasteiger partial charge in [-0.15, -0.1) is 0 Å². The number of anilines is 1. The summed E-state index contributed by atoms with van der Waals surface area (Å²) in [4.78, 5) is 48.6. The molecule has 1 saturated heterocycles. The average Bonchev–Trinajstić information content (AvgIpc) is 3.05. The maximum Gasteiger partial charge on any atom is 0.317 e. The fourth-order valence-corrected chi connectivity index (χ4v) is 4.84. The van der Waals surface area contributed by atoms with Gasteiger partial charge in [-0.2, -0.15) is 4.98 Å². The third kappa shape index (κ3) is 7.25. The van der Waals surface area contributed by atoms with Crippen LogP contribution in [0.1, 0.15) is 34.5 Å². The first-order chi connectivity index (χ1) is 20.9. The quantitative estimate of drug-likeness (QED) is 0.210. The van der Waals surface area contributed by atoms with Crippen molar-refractivity contribution in [2.24, 2.45) is 5.92 Å². The number of carbonyl (C=O) groups is 3. The molecule has 0 bridgehead atoms. The van der Waals surface area contributed by atoms with Gasteiger partial charge in [0.25, 0.3) is 11.8 Å². The van der Waals surface area contributed by atoms with E-state index >= 15 is 0 Å². The van der Waals surface area contributed by atoms with Crippen molar-refractivity contribution >= 4 is 23.5 Å². The fraction of sp³-hybridized carbons (Fsp3) is 0.219. The number of carbonyl (C=O) groups excluding carboxylic acids is 3. The van der Waals surface area contributed by atoms with E-state index in [2.05, 4.69) is 25.9 Å². The number of likely N-dealkylation sites (tertiary alicyclic amines) is 1. The molecule has 5 rings (SSSR count). The molecule has 0 unspecified atom stereocenters. The second-order valence-electron chi connectivity index (χ2n) is 10.2. The SMILES string of the molecule is O=C(NCc1ccccc1)c1nc(-c2ccccc2NC(=O)C2CCN(C(=O)NCc3ccccc3)CC2)nc(O)c1O. The van der Waals surface area contributed by atoms with Crippen molar-refractivity contribution in [1.29, 1.82) is 0 Å². The Bertz CT molecular complexity index is 1590. The Morgan fingerprint density at radius 2 is 1.35 bits per heavy atom. The van der Waals surface area contributed by atoms with Gasteiger partial charge in [0.15, 0.2) is 11.5 Å². The third-order valence-corrected chi connectivity index (χ3v) is 7.24. The summed E-state index contributed by atoms with van der Waals surface area (Å²) in [7, 11) is 0. The van der Waals surface area contributed by atoms with Gasteiger partial charge in [-0.3, -0.25) is 9.59 Å². The van der Waals surface area contributed by atoms with Crippen LogP contribution >= 0.6 is 0 Å². The molecule has 4 amide bonds. The van der Waals surface area contributed by atoms with Crippen LogP contribution in [-0.4, -0.2) is 56.0 Å². The molecule has 1 aromatic heterocycles. The van der Waals surface area contributed by atoms with Crippen molar-refractivity contribution in [3.63, 3.8) is 0 Å². The Labute approximate surface area is 248 Å². The molecule has 220 valence electrons. The monoisotopic (exact) mass is 580 g/mol. The van der Waals surface area contributed by atoms with E-state index in [1.54, 1.807) is 29.2 Å². The summed E-state index contributed by atoms with van der Waals surface area (Å²) in [5, 5.41) is 29.2. The number of aromatic hydroxyl groups is 2. The molecular formula is C32H32N6O5. The number of urea groups is 1. The van der Waals surface area contributed by atoms with Crippen LogP contribution in [0.4, 0.5) is 10.5 Å². The van der Waals surface area contributed by atoms with Crippen LogP contribution in [0.3, 0.4) is 0 Å². The van der Waals surface area contributed by atoms with E-state index in [0.29, 0.717) is 43.7 Å².